The molecular weight excluding hydrogens is 464 g/mol. The second-order valence-corrected chi connectivity index (χ2v) is 10.2. The second kappa shape index (κ2) is 12.6. The maximum atomic E-state index is 12.9. The molecule has 3 N–H and O–H groups in total. The third-order valence-corrected chi connectivity index (χ3v) is 6.85. The molecule has 0 aromatic heterocycles. The molecule has 0 spiro atoms. The van der Waals surface area contributed by atoms with Gasteiger partial charge in [-0.3, -0.25) is 4.79 Å². The second-order valence-electron chi connectivity index (χ2n) is 9.17. The Bertz CT molecular complexity index is 996. The number of ether oxygens (including phenoxy) is 1. The summed E-state index contributed by atoms with van der Waals surface area (Å²) in [5, 5.41) is 14.7. The Morgan fingerprint density at radius 3 is 2.06 bits per heavy atom. The van der Waals surface area contributed by atoms with Gasteiger partial charge >= 0.3 is 12.1 Å². The largest absolute Gasteiger partial charge is 0.480 e. The Labute approximate surface area is 211 Å². The fourth-order valence-corrected chi connectivity index (χ4v) is 4.79. The molecule has 2 amide bonds. The topological polar surface area (TPSA) is 105 Å². The molecule has 1 aliphatic rings. The molecule has 7 nitrogen and oxygen atoms in total. The summed E-state index contributed by atoms with van der Waals surface area (Å²) >= 11 is 1.51. The minimum Gasteiger partial charge on any atom is -0.480 e. The Morgan fingerprint density at radius 2 is 1.51 bits per heavy atom. The number of hydrogen-bond acceptors (Lipinski definition) is 5. The highest BCUT2D eigenvalue weighted by molar-refractivity contribution is 7.98. The van der Waals surface area contributed by atoms with E-state index in [4.69, 9.17) is 4.74 Å². The molecule has 8 heteroatoms. The number of carbonyl (C=O) groups is 3. The summed E-state index contributed by atoms with van der Waals surface area (Å²) in [6.07, 6.45) is 2.59. The number of fused-ring (bicyclic) bond motifs is 3. The van der Waals surface area contributed by atoms with Crippen LogP contribution in [0.15, 0.2) is 48.5 Å². The van der Waals surface area contributed by atoms with Crippen LogP contribution in [0, 0.1) is 5.92 Å². The minimum atomic E-state index is -1.09. The van der Waals surface area contributed by atoms with Crippen LogP contribution in [0.4, 0.5) is 4.79 Å². The van der Waals surface area contributed by atoms with Gasteiger partial charge < -0.3 is 20.5 Å². The molecule has 2 aromatic carbocycles. The van der Waals surface area contributed by atoms with Crippen LogP contribution >= 0.6 is 11.8 Å². The molecule has 0 bridgehead atoms. The number of nitrogens with one attached hydrogen (secondary N) is 2. The van der Waals surface area contributed by atoms with Crippen molar-refractivity contribution in [1.82, 2.24) is 10.6 Å². The van der Waals surface area contributed by atoms with E-state index in [-0.39, 0.29) is 12.5 Å². The summed E-state index contributed by atoms with van der Waals surface area (Å²) in [5.74, 6) is -0.752. The summed E-state index contributed by atoms with van der Waals surface area (Å²) in [6, 6.07) is 14.3. The van der Waals surface area contributed by atoms with Gasteiger partial charge in [0.2, 0.25) is 5.91 Å². The molecule has 2 unspecified atom stereocenters. The lowest BCUT2D eigenvalue weighted by molar-refractivity contribution is -0.142. The number of carboxylic acid groups (broad SMARTS) is 1. The van der Waals surface area contributed by atoms with Crippen molar-refractivity contribution in [1.29, 1.82) is 0 Å². The average molecular weight is 499 g/mol. The van der Waals surface area contributed by atoms with Crippen molar-refractivity contribution in [3.8, 4) is 11.1 Å². The zero-order chi connectivity index (χ0) is 25.4. The molecule has 2 aromatic rings. The van der Waals surface area contributed by atoms with E-state index >= 15 is 0 Å². The summed E-state index contributed by atoms with van der Waals surface area (Å²) < 4.78 is 5.59. The van der Waals surface area contributed by atoms with E-state index in [2.05, 4.69) is 22.8 Å². The fraction of sp³-hybridized carbons (Fsp3) is 0.444. The Hall–Kier alpha value is -3.00. The van der Waals surface area contributed by atoms with Crippen LogP contribution in [-0.2, 0) is 14.3 Å². The van der Waals surface area contributed by atoms with Crippen LogP contribution < -0.4 is 10.6 Å². The third kappa shape index (κ3) is 7.01. The fourth-order valence-electron chi connectivity index (χ4n) is 4.32. The summed E-state index contributed by atoms with van der Waals surface area (Å²) in [5.41, 5.74) is 4.48. The van der Waals surface area contributed by atoms with Crippen molar-refractivity contribution < 1.29 is 24.2 Å². The number of thioether (sulfide) groups is 1. The zero-order valence-corrected chi connectivity index (χ0v) is 21.3. The SMILES string of the molecule is CSCCC(NC(=O)C(CCC(C)C)NC(=O)OCC1c2ccccc2-c2ccccc21)C(=O)O. The molecule has 35 heavy (non-hydrogen) atoms. The van der Waals surface area contributed by atoms with Crippen molar-refractivity contribution >= 4 is 29.7 Å². The number of hydrogen-bond donors (Lipinski definition) is 3. The zero-order valence-electron chi connectivity index (χ0n) is 20.5. The lowest BCUT2D eigenvalue weighted by Crippen LogP contribution is -2.52. The van der Waals surface area contributed by atoms with E-state index in [1.54, 1.807) is 0 Å². The first kappa shape index (κ1) is 26.6. The lowest BCUT2D eigenvalue weighted by atomic mass is 9.98. The number of alkyl carbamates (subject to hydrolysis) is 1. The highest BCUT2D eigenvalue weighted by Crippen LogP contribution is 2.44. The molecule has 188 valence electrons. The normalized spacial score (nSPS) is 14.1. The predicted molar refractivity (Wildman–Crippen MR) is 139 cm³/mol. The maximum absolute atomic E-state index is 12.9. The van der Waals surface area contributed by atoms with Gasteiger partial charge in [0.25, 0.3) is 0 Å². The molecule has 3 rings (SSSR count). The highest BCUT2D eigenvalue weighted by Gasteiger charge is 2.30. The van der Waals surface area contributed by atoms with Gasteiger partial charge in [-0.15, -0.1) is 0 Å². The van der Waals surface area contributed by atoms with Crippen LogP contribution in [0.1, 0.15) is 50.2 Å². The molecule has 0 saturated heterocycles. The van der Waals surface area contributed by atoms with E-state index in [1.165, 1.54) is 11.8 Å². The van der Waals surface area contributed by atoms with Gasteiger partial charge in [0, 0.05) is 5.92 Å². The monoisotopic (exact) mass is 498 g/mol. The van der Waals surface area contributed by atoms with Crippen LogP contribution in [0.5, 0.6) is 0 Å². The predicted octanol–water partition coefficient (Wildman–Crippen LogP) is 4.65. The number of carboxylic acids is 1. The van der Waals surface area contributed by atoms with E-state index in [0.717, 1.165) is 22.3 Å². The standard InChI is InChI=1S/C27H34N2O5S/c1-17(2)12-13-23(25(30)28-24(26(31)32)14-15-35-3)29-27(33)34-16-22-20-10-6-4-8-18(20)19-9-5-7-11-21(19)22/h4-11,17,22-24H,12-16H2,1-3H3,(H,28,30)(H,29,33)(H,31,32). The quantitative estimate of drug-likeness (QED) is 0.393. The van der Waals surface area contributed by atoms with Crippen LogP contribution in [-0.4, -0.2) is 53.8 Å². The number of aliphatic carboxylic acids is 1. The van der Waals surface area contributed by atoms with Gasteiger partial charge in [0.1, 0.15) is 18.7 Å². The van der Waals surface area contributed by atoms with Crippen molar-refractivity contribution in [3.05, 3.63) is 59.7 Å². The van der Waals surface area contributed by atoms with Gasteiger partial charge in [-0.25, -0.2) is 9.59 Å². The minimum absolute atomic E-state index is 0.0842. The van der Waals surface area contributed by atoms with Crippen molar-refractivity contribution in [2.24, 2.45) is 5.92 Å². The Balaban J connectivity index is 1.65. The van der Waals surface area contributed by atoms with Crippen LogP contribution in [0.3, 0.4) is 0 Å². The molecule has 0 fully saturated rings. The van der Waals surface area contributed by atoms with Crippen molar-refractivity contribution in [3.63, 3.8) is 0 Å². The van der Waals surface area contributed by atoms with Crippen LogP contribution in [0.2, 0.25) is 0 Å². The lowest BCUT2D eigenvalue weighted by Gasteiger charge is -2.22. The molecular formula is C27H34N2O5S. The number of amides is 2. The van der Waals surface area contributed by atoms with E-state index < -0.39 is 30.1 Å². The summed E-state index contributed by atoms with van der Waals surface area (Å²) in [7, 11) is 0. The summed E-state index contributed by atoms with van der Waals surface area (Å²) in [4.78, 5) is 37.2. The molecule has 0 saturated carbocycles. The van der Waals surface area contributed by atoms with E-state index in [9.17, 15) is 19.5 Å². The third-order valence-electron chi connectivity index (χ3n) is 6.21. The van der Waals surface area contributed by atoms with Gasteiger partial charge in [0.05, 0.1) is 0 Å². The van der Waals surface area contributed by atoms with Gasteiger partial charge in [-0.05, 0) is 59.4 Å². The van der Waals surface area contributed by atoms with Gasteiger partial charge in [-0.2, -0.15) is 11.8 Å². The number of benzene rings is 2. The molecule has 0 radical (unpaired) electrons. The number of carbonyl (C=O) groups excluding carboxylic acids is 2. The Kier molecular flexibility index (Phi) is 9.60. The molecule has 0 aliphatic heterocycles. The van der Waals surface area contributed by atoms with Crippen molar-refractivity contribution in [2.75, 3.05) is 18.6 Å². The van der Waals surface area contributed by atoms with E-state index in [1.807, 2.05) is 56.5 Å². The van der Waals surface area contributed by atoms with Gasteiger partial charge in [0.15, 0.2) is 0 Å². The van der Waals surface area contributed by atoms with Crippen molar-refractivity contribution in [2.45, 2.75) is 51.1 Å². The summed E-state index contributed by atoms with van der Waals surface area (Å²) in [6.45, 7) is 4.20. The first-order valence-corrected chi connectivity index (χ1v) is 13.3. The molecule has 2 atom stereocenters. The first-order chi connectivity index (χ1) is 16.8. The molecule has 0 heterocycles. The van der Waals surface area contributed by atoms with Crippen LogP contribution in [0.25, 0.3) is 11.1 Å². The molecule has 1 aliphatic carbocycles. The highest BCUT2D eigenvalue weighted by atomic mass is 32.2. The average Bonchev–Trinajstić information content (AvgIpc) is 3.16. The maximum Gasteiger partial charge on any atom is 0.407 e. The number of rotatable bonds is 12. The smallest absolute Gasteiger partial charge is 0.407 e. The van der Waals surface area contributed by atoms with E-state index in [0.29, 0.717) is 30.9 Å². The van der Waals surface area contributed by atoms with Gasteiger partial charge in [-0.1, -0.05) is 62.4 Å². The Morgan fingerprint density at radius 1 is 0.914 bits per heavy atom. The first-order valence-electron chi connectivity index (χ1n) is 12.0.